The van der Waals surface area contributed by atoms with Crippen LogP contribution in [0.5, 0.6) is 0 Å². The number of thioether (sulfide) groups is 1. The predicted octanol–water partition coefficient (Wildman–Crippen LogP) is 4.72. The molecule has 0 aliphatic carbocycles. The van der Waals surface area contributed by atoms with Gasteiger partial charge < -0.3 is 5.73 Å². The number of nitrogen functional groups attached to an aromatic ring is 1. The largest absolute Gasteiger partial charge is 0.383 e. The van der Waals surface area contributed by atoms with Crippen molar-refractivity contribution >= 4 is 33.5 Å². The third kappa shape index (κ3) is 3.33. The van der Waals surface area contributed by atoms with Gasteiger partial charge in [-0.05, 0) is 39.7 Å². The molecule has 0 saturated carbocycles. The normalized spacial score (nSPS) is 11.1. The van der Waals surface area contributed by atoms with E-state index in [0.29, 0.717) is 17.6 Å². The van der Waals surface area contributed by atoms with Gasteiger partial charge in [-0.15, -0.1) is 11.8 Å². The molecule has 0 aliphatic heterocycles. The summed E-state index contributed by atoms with van der Waals surface area (Å²) in [5.41, 5.74) is 7.91. The van der Waals surface area contributed by atoms with Crippen molar-refractivity contribution in [1.82, 2.24) is 9.97 Å². The summed E-state index contributed by atoms with van der Waals surface area (Å²) in [5, 5.41) is 0. The van der Waals surface area contributed by atoms with Gasteiger partial charge in [-0.3, -0.25) is 0 Å². The summed E-state index contributed by atoms with van der Waals surface area (Å²) in [6.45, 7) is 6.33. The second-order valence-electron chi connectivity index (χ2n) is 4.74. The van der Waals surface area contributed by atoms with Gasteiger partial charge in [0.2, 0.25) is 0 Å². The van der Waals surface area contributed by atoms with E-state index in [2.05, 4.69) is 58.8 Å². The Hall–Kier alpha value is -1.07. The molecule has 0 atom stereocenters. The average molecular weight is 352 g/mol. The molecule has 1 aromatic heterocycles. The number of nitrogens with zero attached hydrogens (tertiary/aromatic N) is 2. The van der Waals surface area contributed by atoms with E-state index in [1.54, 1.807) is 0 Å². The third-order valence-corrected chi connectivity index (χ3v) is 4.58. The van der Waals surface area contributed by atoms with E-state index in [9.17, 15) is 0 Å². The number of halogens is 1. The fourth-order valence-electron chi connectivity index (χ4n) is 1.86. The van der Waals surface area contributed by atoms with Gasteiger partial charge in [-0.1, -0.05) is 32.9 Å². The lowest BCUT2D eigenvalue weighted by Gasteiger charge is -2.11. The fraction of sp³-hybridized carbons (Fsp3) is 0.333. The first-order valence-corrected chi connectivity index (χ1v) is 8.37. The highest BCUT2D eigenvalue weighted by molar-refractivity contribution is 9.10. The van der Waals surface area contributed by atoms with E-state index < -0.39 is 0 Å². The molecule has 3 nitrogen and oxygen atoms in total. The second-order valence-corrected chi connectivity index (χ2v) is 6.87. The van der Waals surface area contributed by atoms with Crippen molar-refractivity contribution in [3.8, 4) is 11.4 Å². The first-order chi connectivity index (χ1) is 9.52. The summed E-state index contributed by atoms with van der Waals surface area (Å²) in [6.07, 6.45) is 0. The molecule has 1 aromatic carbocycles. The highest BCUT2D eigenvalue weighted by Gasteiger charge is 2.14. The lowest BCUT2D eigenvalue weighted by atomic mass is 10.1. The number of aromatic nitrogens is 2. The standard InChI is InChI=1S/C15H18BrN3S/c1-4-20-11-7-5-10(6-8-11)15-18-13(9(2)3)12(16)14(17)19-15/h5-9H,4H2,1-3H3,(H2,17,18,19). The summed E-state index contributed by atoms with van der Waals surface area (Å²) in [5.74, 6) is 2.54. The van der Waals surface area contributed by atoms with Crippen LogP contribution < -0.4 is 5.73 Å². The summed E-state index contributed by atoms with van der Waals surface area (Å²) in [6, 6.07) is 8.29. The van der Waals surface area contributed by atoms with Crippen molar-refractivity contribution in [2.24, 2.45) is 0 Å². The average Bonchev–Trinajstić information content (AvgIpc) is 2.42. The quantitative estimate of drug-likeness (QED) is 0.809. The maximum absolute atomic E-state index is 5.97. The SMILES string of the molecule is CCSc1ccc(-c2nc(N)c(Br)c(C(C)C)n2)cc1. The zero-order valence-corrected chi connectivity index (χ0v) is 14.3. The number of rotatable bonds is 4. The molecule has 0 bridgehead atoms. The molecule has 2 rings (SSSR count). The molecule has 2 N–H and O–H groups in total. The van der Waals surface area contributed by atoms with Crippen LogP contribution in [-0.2, 0) is 0 Å². The maximum atomic E-state index is 5.97. The summed E-state index contributed by atoms with van der Waals surface area (Å²) in [7, 11) is 0. The Morgan fingerprint density at radius 3 is 2.40 bits per heavy atom. The Balaban J connectivity index is 2.42. The zero-order valence-electron chi connectivity index (χ0n) is 11.9. The minimum absolute atomic E-state index is 0.295. The smallest absolute Gasteiger partial charge is 0.161 e. The van der Waals surface area contributed by atoms with Crippen molar-refractivity contribution in [3.05, 3.63) is 34.4 Å². The van der Waals surface area contributed by atoms with Crippen LogP contribution in [0.4, 0.5) is 5.82 Å². The number of hydrogen-bond acceptors (Lipinski definition) is 4. The van der Waals surface area contributed by atoms with Crippen molar-refractivity contribution in [2.75, 3.05) is 11.5 Å². The van der Waals surface area contributed by atoms with Crippen LogP contribution in [0.3, 0.4) is 0 Å². The minimum atomic E-state index is 0.295. The minimum Gasteiger partial charge on any atom is -0.383 e. The highest BCUT2D eigenvalue weighted by Crippen LogP contribution is 2.30. The molecule has 0 fully saturated rings. The van der Waals surface area contributed by atoms with Crippen LogP contribution in [0.25, 0.3) is 11.4 Å². The van der Waals surface area contributed by atoms with Crippen LogP contribution >= 0.6 is 27.7 Å². The first-order valence-electron chi connectivity index (χ1n) is 6.59. The van der Waals surface area contributed by atoms with Crippen LogP contribution in [0.15, 0.2) is 33.6 Å². The second kappa shape index (κ2) is 6.59. The monoisotopic (exact) mass is 351 g/mol. The van der Waals surface area contributed by atoms with Crippen LogP contribution in [0.1, 0.15) is 32.4 Å². The van der Waals surface area contributed by atoms with E-state index in [1.165, 1.54) is 4.90 Å². The molecular weight excluding hydrogens is 334 g/mol. The zero-order chi connectivity index (χ0) is 14.7. The Labute approximate surface area is 132 Å². The molecule has 2 aromatic rings. The third-order valence-electron chi connectivity index (χ3n) is 2.87. The Morgan fingerprint density at radius 1 is 1.20 bits per heavy atom. The van der Waals surface area contributed by atoms with Gasteiger partial charge in [0, 0.05) is 10.5 Å². The molecule has 0 unspecified atom stereocenters. The lowest BCUT2D eigenvalue weighted by molar-refractivity contribution is 0.811. The molecule has 106 valence electrons. The Kier molecular flexibility index (Phi) is 5.05. The van der Waals surface area contributed by atoms with Gasteiger partial charge >= 0.3 is 0 Å². The molecule has 5 heteroatoms. The van der Waals surface area contributed by atoms with E-state index in [-0.39, 0.29) is 0 Å². The fourth-order valence-corrected chi connectivity index (χ4v) is 3.16. The van der Waals surface area contributed by atoms with E-state index in [1.807, 2.05) is 23.9 Å². The molecular formula is C15H18BrN3S. The Morgan fingerprint density at radius 2 is 1.85 bits per heavy atom. The van der Waals surface area contributed by atoms with E-state index in [4.69, 9.17) is 5.73 Å². The lowest BCUT2D eigenvalue weighted by Crippen LogP contribution is -2.04. The van der Waals surface area contributed by atoms with Crippen molar-refractivity contribution < 1.29 is 0 Å². The van der Waals surface area contributed by atoms with Gasteiger partial charge in [-0.25, -0.2) is 9.97 Å². The van der Waals surface area contributed by atoms with E-state index >= 15 is 0 Å². The molecule has 20 heavy (non-hydrogen) atoms. The van der Waals surface area contributed by atoms with Crippen LogP contribution in [-0.4, -0.2) is 15.7 Å². The highest BCUT2D eigenvalue weighted by atomic mass is 79.9. The molecule has 0 amide bonds. The van der Waals surface area contributed by atoms with Gasteiger partial charge in [-0.2, -0.15) is 0 Å². The predicted molar refractivity (Wildman–Crippen MR) is 90.1 cm³/mol. The molecule has 0 spiro atoms. The van der Waals surface area contributed by atoms with E-state index in [0.717, 1.165) is 21.5 Å². The number of nitrogens with two attached hydrogens (primary N) is 1. The number of anilines is 1. The number of benzene rings is 1. The molecule has 0 aliphatic rings. The van der Waals surface area contributed by atoms with Gasteiger partial charge in [0.15, 0.2) is 5.82 Å². The first kappa shape index (κ1) is 15.3. The summed E-state index contributed by atoms with van der Waals surface area (Å²) >= 11 is 5.29. The van der Waals surface area contributed by atoms with Gasteiger partial charge in [0.1, 0.15) is 5.82 Å². The topological polar surface area (TPSA) is 51.8 Å². The van der Waals surface area contributed by atoms with Gasteiger partial charge in [0.25, 0.3) is 0 Å². The van der Waals surface area contributed by atoms with Crippen LogP contribution in [0, 0.1) is 0 Å². The summed E-state index contributed by atoms with van der Waals surface area (Å²) < 4.78 is 0.800. The van der Waals surface area contributed by atoms with Crippen molar-refractivity contribution in [1.29, 1.82) is 0 Å². The van der Waals surface area contributed by atoms with Gasteiger partial charge in [0.05, 0.1) is 10.2 Å². The Bertz CT molecular complexity index is 597. The maximum Gasteiger partial charge on any atom is 0.161 e. The molecule has 0 radical (unpaired) electrons. The van der Waals surface area contributed by atoms with Crippen molar-refractivity contribution in [2.45, 2.75) is 31.6 Å². The summed E-state index contributed by atoms with van der Waals surface area (Å²) in [4.78, 5) is 10.3. The molecule has 0 saturated heterocycles. The number of hydrogen-bond donors (Lipinski definition) is 1. The van der Waals surface area contributed by atoms with Crippen molar-refractivity contribution in [3.63, 3.8) is 0 Å². The molecule has 1 heterocycles. The van der Waals surface area contributed by atoms with Crippen LogP contribution in [0.2, 0.25) is 0 Å².